The van der Waals surface area contributed by atoms with Crippen molar-refractivity contribution >= 4 is 5.69 Å². The highest BCUT2D eigenvalue weighted by Crippen LogP contribution is 2.25. The summed E-state index contributed by atoms with van der Waals surface area (Å²) in [7, 11) is 0. The van der Waals surface area contributed by atoms with E-state index in [1.54, 1.807) is 0 Å². The molecule has 0 fully saturated rings. The van der Waals surface area contributed by atoms with E-state index >= 15 is 0 Å². The van der Waals surface area contributed by atoms with E-state index in [0.29, 0.717) is 0 Å². The van der Waals surface area contributed by atoms with Gasteiger partial charge in [0.2, 0.25) is 0 Å². The van der Waals surface area contributed by atoms with Gasteiger partial charge in [-0.25, -0.2) is 0 Å². The second-order valence-electron chi connectivity index (χ2n) is 5.24. The number of ether oxygens (including phenoxy) is 1. The molecule has 0 saturated carbocycles. The molecule has 3 rings (SSSR count). The van der Waals surface area contributed by atoms with Crippen LogP contribution in [0.15, 0.2) is 42.5 Å². The zero-order valence-corrected chi connectivity index (χ0v) is 11.6. The Bertz CT molecular complexity index is 595. The van der Waals surface area contributed by atoms with Gasteiger partial charge >= 0.3 is 0 Å². The Morgan fingerprint density at radius 2 is 1.90 bits per heavy atom. The fourth-order valence-electron chi connectivity index (χ4n) is 2.58. The largest absolute Gasteiger partial charge is 0.493 e. The van der Waals surface area contributed by atoms with Gasteiger partial charge in [-0.1, -0.05) is 24.3 Å². The topological polar surface area (TPSA) is 47.3 Å². The quantitative estimate of drug-likeness (QED) is 0.838. The molecule has 1 heterocycles. The molecule has 3 N–H and O–H groups in total. The number of hydrogen-bond donors (Lipinski definition) is 2. The number of nitrogens with one attached hydrogen (secondary N) is 1. The minimum Gasteiger partial charge on any atom is -0.493 e. The molecule has 1 aliphatic heterocycles. The highest BCUT2D eigenvalue weighted by molar-refractivity contribution is 5.41. The predicted molar refractivity (Wildman–Crippen MR) is 81.7 cm³/mol. The number of benzene rings is 2. The Morgan fingerprint density at radius 1 is 1.05 bits per heavy atom. The maximum absolute atomic E-state index is 5.78. The molecule has 2 aromatic rings. The number of hydrogen-bond acceptors (Lipinski definition) is 3. The molecule has 104 valence electrons. The summed E-state index contributed by atoms with van der Waals surface area (Å²) in [5, 5.41) is 3.46. The molecule has 0 saturated heterocycles. The monoisotopic (exact) mass is 268 g/mol. The Kier molecular flexibility index (Phi) is 3.88. The van der Waals surface area contributed by atoms with E-state index in [0.717, 1.165) is 44.0 Å². The van der Waals surface area contributed by atoms with E-state index in [1.807, 2.05) is 18.2 Å². The first-order valence-corrected chi connectivity index (χ1v) is 7.11. The smallest absolute Gasteiger partial charge is 0.122 e. The molecule has 0 aliphatic carbocycles. The van der Waals surface area contributed by atoms with Crippen molar-refractivity contribution in [3.63, 3.8) is 0 Å². The molecular formula is C17H20N2O. The molecule has 0 unspecified atom stereocenters. The van der Waals surface area contributed by atoms with Gasteiger partial charge in [0.1, 0.15) is 5.75 Å². The third-order valence-electron chi connectivity index (χ3n) is 3.58. The molecule has 3 nitrogen and oxygen atoms in total. The van der Waals surface area contributed by atoms with Crippen LogP contribution in [0.2, 0.25) is 0 Å². The van der Waals surface area contributed by atoms with Gasteiger partial charge < -0.3 is 15.8 Å². The van der Waals surface area contributed by atoms with Crippen LogP contribution in [0.1, 0.15) is 23.1 Å². The van der Waals surface area contributed by atoms with Gasteiger partial charge in [0, 0.05) is 18.8 Å². The summed E-state index contributed by atoms with van der Waals surface area (Å²) < 4.78 is 5.63. The van der Waals surface area contributed by atoms with Crippen molar-refractivity contribution in [3.8, 4) is 5.75 Å². The van der Waals surface area contributed by atoms with Gasteiger partial charge in [0.05, 0.1) is 6.61 Å². The zero-order valence-electron chi connectivity index (χ0n) is 11.6. The van der Waals surface area contributed by atoms with Crippen LogP contribution in [0.25, 0.3) is 0 Å². The molecule has 0 spiro atoms. The number of fused-ring (bicyclic) bond motifs is 1. The maximum atomic E-state index is 5.78. The molecular weight excluding hydrogens is 248 g/mol. The lowest BCUT2D eigenvalue weighted by molar-refractivity contribution is 0.288. The lowest BCUT2D eigenvalue weighted by atomic mass is 10.0. The Balaban J connectivity index is 1.58. The van der Waals surface area contributed by atoms with Crippen LogP contribution >= 0.6 is 0 Å². The summed E-state index contributed by atoms with van der Waals surface area (Å²) in [5.41, 5.74) is 10.4. The molecule has 1 aliphatic rings. The molecule has 0 radical (unpaired) electrons. The summed E-state index contributed by atoms with van der Waals surface area (Å²) in [6, 6.07) is 14.5. The van der Waals surface area contributed by atoms with E-state index in [9.17, 15) is 0 Å². The Hall–Kier alpha value is -2.00. The Morgan fingerprint density at radius 3 is 2.75 bits per heavy atom. The summed E-state index contributed by atoms with van der Waals surface area (Å²) in [4.78, 5) is 0. The number of rotatable bonds is 4. The van der Waals surface area contributed by atoms with Crippen LogP contribution in [0, 0.1) is 0 Å². The maximum Gasteiger partial charge on any atom is 0.122 e. The second-order valence-corrected chi connectivity index (χ2v) is 5.24. The van der Waals surface area contributed by atoms with Crippen molar-refractivity contribution in [1.82, 2.24) is 5.32 Å². The Labute approximate surface area is 119 Å². The normalized spacial score (nSPS) is 13.6. The molecule has 20 heavy (non-hydrogen) atoms. The molecule has 0 bridgehead atoms. The van der Waals surface area contributed by atoms with Crippen LogP contribution in [-0.2, 0) is 19.5 Å². The third-order valence-corrected chi connectivity index (χ3v) is 3.58. The highest BCUT2D eigenvalue weighted by Gasteiger charge is 2.10. The molecule has 0 amide bonds. The van der Waals surface area contributed by atoms with Gasteiger partial charge in [-0.3, -0.25) is 0 Å². The minimum absolute atomic E-state index is 0.815. The van der Waals surface area contributed by atoms with Gasteiger partial charge in [-0.2, -0.15) is 0 Å². The lowest BCUT2D eigenvalue weighted by Crippen LogP contribution is -2.14. The van der Waals surface area contributed by atoms with Crippen molar-refractivity contribution in [2.24, 2.45) is 0 Å². The van der Waals surface area contributed by atoms with Gasteiger partial charge in [0.15, 0.2) is 0 Å². The fraction of sp³-hybridized carbons (Fsp3) is 0.294. The molecule has 3 heteroatoms. The summed E-state index contributed by atoms with van der Waals surface area (Å²) in [6.45, 7) is 2.54. The first kappa shape index (κ1) is 13.0. The van der Waals surface area contributed by atoms with E-state index in [4.69, 9.17) is 10.5 Å². The standard InChI is InChI=1S/C17H20N2O/c18-16-5-1-3-13(10-16)11-19-12-14-6-7-17-15(9-14)4-2-8-20-17/h1,3,5-7,9-10,19H,2,4,8,11-12,18H2. The summed E-state index contributed by atoms with van der Waals surface area (Å²) in [5.74, 6) is 1.05. The lowest BCUT2D eigenvalue weighted by Gasteiger charge is -2.18. The first-order chi connectivity index (χ1) is 9.81. The zero-order chi connectivity index (χ0) is 13.8. The second kappa shape index (κ2) is 5.97. The van der Waals surface area contributed by atoms with Crippen LogP contribution in [0.3, 0.4) is 0 Å². The average Bonchev–Trinajstić information content (AvgIpc) is 2.47. The van der Waals surface area contributed by atoms with Crippen LogP contribution in [0.5, 0.6) is 5.75 Å². The van der Waals surface area contributed by atoms with E-state index in [2.05, 4.69) is 29.6 Å². The van der Waals surface area contributed by atoms with Crippen LogP contribution in [-0.4, -0.2) is 6.61 Å². The first-order valence-electron chi connectivity index (χ1n) is 7.11. The summed E-state index contributed by atoms with van der Waals surface area (Å²) in [6.07, 6.45) is 2.24. The molecule has 0 atom stereocenters. The average molecular weight is 268 g/mol. The van der Waals surface area contributed by atoms with E-state index < -0.39 is 0 Å². The van der Waals surface area contributed by atoms with Crippen LogP contribution in [0.4, 0.5) is 5.69 Å². The number of nitrogen functional groups attached to an aromatic ring is 1. The van der Waals surface area contributed by atoms with Crippen molar-refractivity contribution in [3.05, 3.63) is 59.2 Å². The number of anilines is 1. The van der Waals surface area contributed by atoms with Crippen molar-refractivity contribution in [1.29, 1.82) is 0 Å². The van der Waals surface area contributed by atoms with Gasteiger partial charge in [-0.05, 0) is 47.7 Å². The van der Waals surface area contributed by atoms with Crippen molar-refractivity contribution in [2.45, 2.75) is 25.9 Å². The number of aryl methyl sites for hydroxylation is 1. The van der Waals surface area contributed by atoms with Crippen molar-refractivity contribution in [2.75, 3.05) is 12.3 Å². The van der Waals surface area contributed by atoms with Gasteiger partial charge in [-0.15, -0.1) is 0 Å². The number of nitrogens with two attached hydrogens (primary N) is 1. The van der Waals surface area contributed by atoms with Gasteiger partial charge in [0.25, 0.3) is 0 Å². The highest BCUT2D eigenvalue weighted by atomic mass is 16.5. The molecule has 2 aromatic carbocycles. The minimum atomic E-state index is 0.815. The summed E-state index contributed by atoms with van der Waals surface area (Å²) >= 11 is 0. The third kappa shape index (κ3) is 3.11. The van der Waals surface area contributed by atoms with Crippen molar-refractivity contribution < 1.29 is 4.74 Å². The van der Waals surface area contributed by atoms with E-state index in [-0.39, 0.29) is 0 Å². The van der Waals surface area contributed by atoms with E-state index in [1.165, 1.54) is 16.7 Å². The van der Waals surface area contributed by atoms with Crippen LogP contribution < -0.4 is 15.8 Å². The SMILES string of the molecule is Nc1cccc(CNCc2ccc3c(c2)CCCO3)c1. The molecule has 0 aromatic heterocycles. The predicted octanol–water partition coefficient (Wildman–Crippen LogP) is 2.88. The fourth-order valence-corrected chi connectivity index (χ4v) is 2.58.